The van der Waals surface area contributed by atoms with Crippen molar-refractivity contribution in [3.63, 3.8) is 0 Å². The summed E-state index contributed by atoms with van der Waals surface area (Å²) in [5.41, 5.74) is 0. The van der Waals surface area contributed by atoms with Gasteiger partial charge in [-0.2, -0.15) is 8.42 Å². The van der Waals surface area contributed by atoms with Gasteiger partial charge in [0.25, 0.3) is 0 Å². The van der Waals surface area contributed by atoms with Gasteiger partial charge in [0.2, 0.25) is 0 Å². The van der Waals surface area contributed by atoms with Crippen molar-refractivity contribution in [2.75, 3.05) is 4.72 Å². The van der Waals surface area contributed by atoms with Crippen molar-refractivity contribution in [1.29, 1.82) is 0 Å². The Morgan fingerprint density at radius 1 is 1.43 bits per heavy atom. The van der Waals surface area contributed by atoms with Crippen LogP contribution in [0.4, 0.5) is 5.82 Å². The number of anilines is 1. The Kier molecular flexibility index (Phi) is 6.12. The fourth-order valence-corrected chi connectivity index (χ4v) is 2.24. The molecule has 1 aromatic rings. The molecule has 1 aromatic heterocycles. The van der Waals surface area contributed by atoms with Crippen molar-refractivity contribution < 1.29 is 13.0 Å². The quantitative estimate of drug-likeness (QED) is 0.616. The fraction of sp³-hybridized carbons (Fsp3) is 0. The Balaban J connectivity index is 0.00000169. The number of rotatable bonds is 2. The summed E-state index contributed by atoms with van der Waals surface area (Å²) in [5, 5.41) is 0. The monoisotopic (exact) mass is 354 g/mol. The van der Waals surface area contributed by atoms with E-state index in [0.717, 1.165) is 0 Å². The first-order chi connectivity index (χ1) is 5.88. The summed E-state index contributed by atoms with van der Waals surface area (Å²) < 4.78 is 32.2. The average Bonchev–Trinajstić information content (AvgIpc) is 1.93. The summed E-state index contributed by atoms with van der Waals surface area (Å²) in [7, 11) is -4.27. The number of nitrogens with one attached hydrogen (secondary N) is 1. The van der Waals surface area contributed by atoms with Crippen molar-refractivity contribution in [2.45, 2.75) is 0 Å². The van der Waals surface area contributed by atoms with E-state index in [1.807, 2.05) is 4.72 Å². The maximum absolute atomic E-state index is 10.4. The van der Waals surface area contributed by atoms with Gasteiger partial charge in [0.05, 0.1) is 4.47 Å². The third-order valence-corrected chi connectivity index (χ3v) is 2.52. The number of nitrogens with zero attached hydrogens (tertiary/aromatic N) is 1. The molecule has 1 rings (SSSR count). The molecule has 0 fully saturated rings. The normalized spacial score (nSPS) is 10.5. The van der Waals surface area contributed by atoms with Crippen LogP contribution in [-0.4, -0.2) is 47.5 Å². The molecule has 0 atom stereocenters. The van der Waals surface area contributed by atoms with Crippen LogP contribution in [0.1, 0.15) is 0 Å². The Labute approximate surface area is 120 Å². The van der Waals surface area contributed by atoms with Crippen LogP contribution in [-0.2, 0) is 10.3 Å². The Morgan fingerprint density at radius 3 is 2.43 bits per heavy atom. The van der Waals surface area contributed by atoms with E-state index < -0.39 is 10.3 Å². The number of aromatic nitrogens is 1. The molecule has 0 amide bonds. The summed E-state index contributed by atoms with van der Waals surface area (Å²) >= 11 is 6.21. The van der Waals surface area contributed by atoms with Crippen LogP contribution >= 0.6 is 31.9 Å². The van der Waals surface area contributed by atoms with Gasteiger partial charge in [0, 0.05) is 10.7 Å². The van der Waals surface area contributed by atoms with Crippen LogP contribution in [0.2, 0.25) is 0 Å². The maximum atomic E-state index is 10.4. The summed E-state index contributed by atoms with van der Waals surface area (Å²) in [6.45, 7) is 0. The number of halogens is 2. The molecule has 0 saturated carbocycles. The summed E-state index contributed by atoms with van der Waals surface area (Å²) in [5.74, 6) is 0.0331. The van der Waals surface area contributed by atoms with E-state index in [0.29, 0.717) is 8.95 Å². The topological polar surface area (TPSA) is 79.3 Å². The Morgan fingerprint density at radius 2 is 2.00 bits per heavy atom. The molecular weight excluding hydrogens is 351 g/mol. The summed E-state index contributed by atoms with van der Waals surface area (Å²) in [6, 6.07) is 1.60. The number of hydrogen-bond acceptors (Lipinski definition) is 3. The molecular formula is C5H5Br2N2NaO3S. The van der Waals surface area contributed by atoms with Gasteiger partial charge >= 0.3 is 39.9 Å². The SMILES string of the molecule is O=S(=O)(O)Nc1ncc(Br)cc1Br.[NaH]. The van der Waals surface area contributed by atoms with Gasteiger partial charge in [0.1, 0.15) is 0 Å². The van der Waals surface area contributed by atoms with E-state index in [9.17, 15) is 8.42 Å². The van der Waals surface area contributed by atoms with Gasteiger partial charge in [-0.25, -0.2) is 9.71 Å². The number of pyridine rings is 1. The third-order valence-electron chi connectivity index (χ3n) is 1.03. The third kappa shape index (κ3) is 5.06. The van der Waals surface area contributed by atoms with Gasteiger partial charge in [-0.3, -0.25) is 4.55 Å². The molecule has 0 saturated heterocycles. The first-order valence-corrected chi connectivity index (χ1v) is 5.97. The van der Waals surface area contributed by atoms with Crippen molar-refractivity contribution in [3.05, 3.63) is 21.2 Å². The molecule has 0 aliphatic carbocycles. The van der Waals surface area contributed by atoms with E-state index in [1.54, 1.807) is 6.07 Å². The van der Waals surface area contributed by atoms with E-state index in [-0.39, 0.29) is 35.4 Å². The molecule has 74 valence electrons. The Bertz CT molecular complexity index is 425. The van der Waals surface area contributed by atoms with E-state index in [4.69, 9.17) is 4.55 Å². The van der Waals surface area contributed by atoms with E-state index >= 15 is 0 Å². The minimum absolute atomic E-state index is 0. The van der Waals surface area contributed by atoms with Crippen LogP contribution in [0.3, 0.4) is 0 Å². The molecule has 1 heterocycles. The zero-order chi connectivity index (χ0) is 10.1. The summed E-state index contributed by atoms with van der Waals surface area (Å²) in [4.78, 5) is 3.72. The number of hydrogen-bond donors (Lipinski definition) is 2. The van der Waals surface area contributed by atoms with Crippen LogP contribution in [0, 0.1) is 0 Å². The second kappa shape index (κ2) is 5.78. The molecule has 0 radical (unpaired) electrons. The molecule has 0 bridgehead atoms. The molecule has 5 nitrogen and oxygen atoms in total. The van der Waals surface area contributed by atoms with Gasteiger partial charge in [-0.05, 0) is 37.9 Å². The molecule has 2 N–H and O–H groups in total. The zero-order valence-electron chi connectivity index (χ0n) is 6.03. The first-order valence-electron chi connectivity index (χ1n) is 2.95. The molecule has 14 heavy (non-hydrogen) atoms. The van der Waals surface area contributed by atoms with Crippen molar-refractivity contribution in [3.8, 4) is 0 Å². The van der Waals surface area contributed by atoms with Crippen molar-refractivity contribution in [2.24, 2.45) is 0 Å². The zero-order valence-corrected chi connectivity index (χ0v) is 10.0. The second-order valence-electron chi connectivity index (χ2n) is 2.06. The molecule has 0 spiro atoms. The molecule has 0 unspecified atom stereocenters. The summed E-state index contributed by atoms with van der Waals surface area (Å²) in [6.07, 6.45) is 1.40. The van der Waals surface area contributed by atoms with Crippen LogP contribution in [0.25, 0.3) is 0 Å². The standard InChI is InChI=1S/C5H4Br2N2O3S.Na.H/c6-3-1-4(7)5(8-2-3)9-13(10,11)12;;/h1-2H,(H,8,9)(H,10,11,12);;. The Hall–Kier alpha value is 0.820. The van der Waals surface area contributed by atoms with Crippen LogP contribution in [0.5, 0.6) is 0 Å². The molecule has 0 aromatic carbocycles. The van der Waals surface area contributed by atoms with E-state index in [2.05, 4.69) is 36.8 Å². The molecule has 9 heteroatoms. The fourth-order valence-electron chi connectivity index (χ4n) is 0.612. The first kappa shape index (κ1) is 14.8. The second-order valence-corrected chi connectivity index (χ2v) is 4.99. The van der Waals surface area contributed by atoms with Crippen LogP contribution < -0.4 is 4.72 Å². The van der Waals surface area contributed by atoms with Gasteiger partial charge in [-0.15, -0.1) is 0 Å². The van der Waals surface area contributed by atoms with Gasteiger partial charge < -0.3 is 0 Å². The molecule has 0 aliphatic rings. The van der Waals surface area contributed by atoms with Crippen molar-refractivity contribution >= 4 is 77.5 Å². The predicted molar refractivity (Wildman–Crippen MR) is 62.0 cm³/mol. The van der Waals surface area contributed by atoms with Gasteiger partial charge in [0.15, 0.2) is 5.82 Å². The average molecular weight is 356 g/mol. The van der Waals surface area contributed by atoms with E-state index in [1.165, 1.54) is 6.20 Å². The van der Waals surface area contributed by atoms with Crippen molar-refractivity contribution in [1.82, 2.24) is 4.98 Å². The predicted octanol–water partition coefficient (Wildman–Crippen LogP) is 1.17. The minimum atomic E-state index is -4.27. The van der Waals surface area contributed by atoms with Gasteiger partial charge in [-0.1, -0.05) is 0 Å². The molecule has 0 aliphatic heterocycles. The van der Waals surface area contributed by atoms with Crippen LogP contribution in [0.15, 0.2) is 21.2 Å².